The molecule has 0 atom stereocenters. The van der Waals surface area contributed by atoms with Crippen LogP contribution in [0.4, 0.5) is 0 Å². The van der Waals surface area contributed by atoms with Crippen LogP contribution < -0.4 is 9.47 Å². The highest BCUT2D eigenvalue weighted by Crippen LogP contribution is 2.42. The second kappa shape index (κ2) is 12.1. The van der Waals surface area contributed by atoms with Crippen molar-refractivity contribution in [2.24, 2.45) is 0 Å². The number of hydrogen-bond acceptors (Lipinski definition) is 5. The molecule has 4 aromatic rings. The zero-order valence-electron chi connectivity index (χ0n) is 20.9. The Balaban J connectivity index is 0.00000141. The van der Waals surface area contributed by atoms with Crippen molar-refractivity contribution in [3.05, 3.63) is 70.9 Å². The maximum atomic E-state index is 9.94. The van der Waals surface area contributed by atoms with Gasteiger partial charge in [-0.3, -0.25) is 4.90 Å². The Kier molecular flexibility index (Phi) is 8.67. The lowest BCUT2D eigenvalue weighted by Gasteiger charge is -2.26. The van der Waals surface area contributed by atoms with Crippen LogP contribution in [-0.4, -0.2) is 36.2 Å². The summed E-state index contributed by atoms with van der Waals surface area (Å²) in [5, 5.41) is 14.0. The zero-order chi connectivity index (χ0) is 24.6. The van der Waals surface area contributed by atoms with Crippen molar-refractivity contribution in [1.29, 1.82) is 0 Å². The number of rotatable bonds is 7. The molecule has 184 valence electrons. The van der Waals surface area contributed by atoms with Crippen LogP contribution in [0.25, 0.3) is 21.9 Å². The van der Waals surface area contributed by atoms with Crippen LogP contribution >= 0.6 is 11.3 Å². The largest absolute Gasteiger partial charge is 0.508 e. The van der Waals surface area contributed by atoms with Crippen LogP contribution in [-0.2, 0) is 0 Å². The molecule has 1 aliphatic heterocycles. The van der Waals surface area contributed by atoms with Crippen molar-refractivity contribution in [3.8, 4) is 34.1 Å². The van der Waals surface area contributed by atoms with E-state index in [4.69, 9.17) is 9.47 Å². The summed E-state index contributed by atoms with van der Waals surface area (Å²) in [6.45, 7) is 10.2. The van der Waals surface area contributed by atoms with Crippen LogP contribution in [0.3, 0.4) is 0 Å². The van der Waals surface area contributed by atoms with Gasteiger partial charge in [-0.1, -0.05) is 26.3 Å². The summed E-state index contributed by atoms with van der Waals surface area (Å²) in [7, 11) is 0. The molecule has 3 aromatic carbocycles. The van der Waals surface area contributed by atoms with Crippen molar-refractivity contribution in [2.45, 2.75) is 40.0 Å². The highest BCUT2D eigenvalue weighted by Gasteiger charge is 2.15. The average molecular weight is 490 g/mol. The van der Waals surface area contributed by atoms with Gasteiger partial charge in [-0.2, -0.15) is 0 Å². The zero-order valence-corrected chi connectivity index (χ0v) is 21.7. The molecule has 35 heavy (non-hydrogen) atoms. The second-order valence-corrected chi connectivity index (χ2v) is 9.68. The van der Waals surface area contributed by atoms with E-state index >= 15 is 0 Å². The number of thiophene rings is 1. The number of nitrogens with zero attached hydrogens (tertiary/aromatic N) is 1. The van der Waals surface area contributed by atoms with Gasteiger partial charge in [0, 0.05) is 22.4 Å². The highest BCUT2D eigenvalue weighted by atomic mass is 32.1. The molecule has 0 amide bonds. The number of aryl methyl sites for hydroxylation is 1. The SMILES string of the molecule is CC.Cc1sccc1-c1ccc2cc(O)ccc2c1Oc1ccc(OCCN2CCCCC2)cc1. The maximum Gasteiger partial charge on any atom is 0.143 e. The molecule has 0 unspecified atom stereocenters. The van der Waals surface area contributed by atoms with Gasteiger partial charge in [-0.15, -0.1) is 11.3 Å². The molecular weight excluding hydrogens is 454 g/mol. The average Bonchev–Trinajstić information content (AvgIpc) is 3.32. The monoisotopic (exact) mass is 489 g/mol. The summed E-state index contributed by atoms with van der Waals surface area (Å²) in [4.78, 5) is 3.73. The first kappa shape index (κ1) is 25.1. The lowest BCUT2D eigenvalue weighted by Crippen LogP contribution is -2.33. The van der Waals surface area contributed by atoms with Crippen molar-refractivity contribution in [1.82, 2.24) is 4.90 Å². The van der Waals surface area contributed by atoms with Crippen LogP contribution in [0.15, 0.2) is 66.0 Å². The number of piperidine rings is 1. The molecule has 1 aliphatic rings. The molecule has 0 radical (unpaired) electrons. The first-order chi connectivity index (χ1) is 17.2. The minimum Gasteiger partial charge on any atom is -0.508 e. The summed E-state index contributed by atoms with van der Waals surface area (Å²) in [6.07, 6.45) is 3.95. The number of phenols is 1. The normalized spacial score (nSPS) is 13.8. The first-order valence-corrected chi connectivity index (χ1v) is 13.5. The fourth-order valence-corrected chi connectivity index (χ4v) is 5.19. The van der Waals surface area contributed by atoms with Crippen molar-refractivity contribution < 1.29 is 14.6 Å². The molecule has 1 fully saturated rings. The highest BCUT2D eigenvalue weighted by molar-refractivity contribution is 7.10. The van der Waals surface area contributed by atoms with Gasteiger partial charge < -0.3 is 14.6 Å². The van der Waals surface area contributed by atoms with E-state index in [0.717, 1.165) is 40.1 Å². The Morgan fingerprint density at radius 1 is 0.857 bits per heavy atom. The van der Waals surface area contributed by atoms with E-state index in [2.05, 4.69) is 29.3 Å². The van der Waals surface area contributed by atoms with Crippen LogP contribution in [0.1, 0.15) is 38.0 Å². The third-order valence-corrected chi connectivity index (χ3v) is 7.12. The Labute approximate surface area is 212 Å². The number of likely N-dealkylation sites (tertiary alicyclic amines) is 1. The fourth-order valence-electron chi connectivity index (χ4n) is 4.47. The summed E-state index contributed by atoms with van der Waals surface area (Å²) >= 11 is 1.73. The number of ether oxygens (including phenoxy) is 2. The standard InChI is InChI=1S/C28H29NO3S.C2H6/c1-20-25(13-18-33-20)27-11-5-21-19-22(30)6-12-26(21)28(27)32-24-9-7-23(8-10-24)31-17-16-29-14-3-2-4-15-29;1-2/h5-13,18-19,30H,2-4,14-17H2,1H3;1-2H3. The van der Waals surface area contributed by atoms with Crippen molar-refractivity contribution in [3.63, 3.8) is 0 Å². The van der Waals surface area contributed by atoms with Crippen LogP contribution in [0.5, 0.6) is 23.0 Å². The lowest BCUT2D eigenvalue weighted by atomic mass is 10.00. The lowest BCUT2D eigenvalue weighted by molar-refractivity contribution is 0.183. The Morgan fingerprint density at radius 3 is 2.31 bits per heavy atom. The molecule has 1 aromatic heterocycles. The number of phenolic OH excluding ortho intramolecular Hbond substituents is 1. The third kappa shape index (κ3) is 6.16. The predicted molar refractivity (Wildman–Crippen MR) is 147 cm³/mol. The molecule has 0 bridgehead atoms. The van der Waals surface area contributed by atoms with Gasteiger partial charge in [-0.05, 0) is 104 Å². The summed E-state index contributed by atoms with van der Waals surface area (Å²) in [5.41, 5.74) is 2.22. The van der Waals surface area contributed by atoms with E-state index in [1.165, 1.54) is 42.8 Å². The van der Waals surface area contributed by atoms with E-state index in [1.54, 1.807) is 23.5 Å². The van der Waals surface area contributed by atoms with E-state index in [9.17, 15) is 5.11 Å². The Hall–Kier alpha value is -3.02. The van der Waals surface area contributed by atoms with Gasteiger partial charge in [0.2, 0.25) is 0 Å². The van der Waals surface area contributed by atoms with E-state index in [0.29, 0.717) is 6.61 Å². The van der Waals surface area contributed by atoms with Gasteiger partial charge in [0.15, 0.2) is 0 Å². The quantitative estimate of drug-likeness (QED) is 0.284. The molecule has 5 heteroatoms. The Bertz CT molecular complexity index is 1230. The molecule has 1 N–H and O–H groups in total. The van der Waals surface area contributed by atoms with Gasteiger partial charge in [0.05, 0.1) is 0 Å². The molecule has 4 nitrogen and oxygen atoms in total. The molecule has 1 saturated heterocycles. The Morgan fingerprint density at radius 2 is 1.60 bits per heavy atom. The minimum atomic E-state index is 0.249. The number of fused-ring (bicyclic) bond motifs is 1. The molecule has 5 rings (SSSR count). The van der Waals surface area contributed by atoms with Crippen LogP contribution in [0.2, 0.25) is 0 Å². The summed E-state index contributed by atoms with van der Waals surface area (Å²) in [5.74, 6) is 2.66. The van der Waals surface area contributed by atoms with E-state index < -0.39 is 0 Å². The second-order valence-electron chi connectivity index (χ2n) is 8.56. The molecule has 0 aliphatic carbocycles. The fraction of sp³-hybridized carbons (Fsp3) is 0.333. The predicted octanol–water partition coefficient (Wildman–Crippen LogP) is 8.27. The molecule has 0 saturated carbocycles. The van der Waals surface area contributed by atoms with Crippen LogP contribution in [0, 0.1) is 6.92 Å². The van der Waals surface area contributed by atoms with Crippen molar-refractivity contribution in [2.75, 3.05) is 26.2 Å². The molecular formula is C30H35NO3S. The first-order valence-electron chi connectivity index (χ1n) is 12.6. The van der Waals surface area contributed by atoms with Gasteiger partial charge >= 0.3 is 0 Å². The van der Waals surface area contributed by atoms with Gasteiger partial charge in [0.25, 0.3) is 0 Å². The van der Waals surface area contributed by atoms with Gasteiger partial charge in [-0.25, -0.2) is 0 Å². The maximum absolute atomic E-state index is 9.94. The molecule has 0 spiro atoms. The topological polar surface area (TPSA) is 41.9 Å². The van der Waals surface area contributed by atoms with Crippen molar-refractivity contribution >= 4 is 22.1 Å². The minimum absolute atomic E-state index is 0.249. The third-order valence-electron chi connectivity index (χ3n) is 6.27. The molecule has 2 heterocycles. The smallest absolute Gasteiger partial charge is 0.143 e. The van der Waals surface area contributed by atoms with E-state index in [-0.39, 0.29) is 5.75 Å². The number of aromatic hydroxyl groups is 1. The van der Waals surface area contributed by atoms with E-state index in [1.807, 2.05) is 50.2 Å². The number of hydrogen-bond donors (Lipinski definition) is 1. The number of benzene rings is 3. The van der Waals surface area contributed by atoms with Gasteiger partial charge in [0.1, 0.15) is 29.6 Å². The summed E-state index contributed by atoms with van der Waals surface area (Å²) in [6, 6.07) is 19.5. The summed E-state index contributed by atoms with van der Waals surface area (Å²) < 4.78 is 12.4.